The fourth-order valence-corrected chi connectivity index (χ4v) is 2.51. The van der Waals surface area contributed by atoms with Crippen molar-refractivity contribution >= 4 is 23.6 Å². The number of aryl methyl sites for hydroxylation is 1. The first-order valence-electron chi connectivity index (χ1n) is 6.89. The predicted octanol–water partition coefficient (Wildman–Crippen LogP) is 1.95. The first-order valence-corrected chi connectivity index (χ1v) is 7.87. The third-order valence-corrected chi connectivity index (χ3v) is 3.83. The summed E-state index contributed by atoms with van der Waals surface area (Å²) in [6.07, 6.45) is 1.55. The molecule has 1 aromatic heterocycles. The van der Waals surface area contributed by atoms with E-state index in [2.05, 4.69) is 20.3 Å². The van der Waals surface area contributed by atoms with E-state index in [1.54, 1.807) is 10.9 Å². The maximum atomic E-state index is 12.0. The van der Waals surface area contributed by atoms with Gasteiger partial charge in [0.25, 0.3) is 5.91 Å². The number of nitrogens with zero attached hydrogens (tertiary/aromatic N) is 3. The molecule has 0 saturated carbocycles. The Morgan fingerprint density at radius 1 is 1.33 bits per heavy atom. The van der Waals surface area contributed by atoms with Gasteiger partial charge < -0.3 is 9.30 Å². The molecule has 2 aromatic rings. The van der Waals surface area contributed by atoms with Crippen molar-refractivity contribution in [1.82, 2.24) is 20.1 Å². The number of hydrogen-bond acceptors (Lipinski definition) is 6. The van der Waals surface area contributed by atoms with Crippen LogP contribution in [-0.4, -0.2) is 38.9 Å². The van der Waals surface area contributed by atoms with Crippen LogP contribution < -0.4 is 10.1 Å². The lowest BCUT2D eigenvalue weighted by atomic mass is 10.2. The van der Waals surface area contributed by atoms with Gasteiger partial charge in [0, 0.05) is 12.1 Å². The van der Waals surface area contributed by atoms with Gasteiger partial charge in [0.1, 0.15) is 12.1 Å². The van der Waals surface area contributed by atoms with Crippen LogP contribution in [0.2, 0.25) is 0 Å². The Kier molecular flexibility index (Phi) is 6.24. The first-order chi connectivity index (χ1) is 11.5. The molecular weight excluding hydrogens is 342 g/mol. The summed E-state index contributed by atoms with van der Waals surface area (Å²) in [7, 11) is 0. The van der Waals surface area contributed by atoms with E-state index < -0.39 is 18.4 Å². The molecule has 2 amide bonds. The van der Waals surface area contributed by atoms with Crippen LogP contribution in [0.15, 0.2) is 35.7 Å². The Bertz CT molecular complexity index is 706. The average molecular weight is 356 g/mol. The Balaban J connectivity index is 1.86. The van der Waals surface area contributed by atoms with Crippen molar-refractivity contribution in [1.29, 1.82) is 0 Å². The summed E-state index contributed by atoms with van der Waals surface area (Å²) >= 11 is 1.15. The van der Waals surface area contributed by atoms with Gasteiger partial charge in [-0.05, 0) is 31.2 Å². The van der Waals surface area contributed by atoms with E-state index in [9.17, 15) is 18.4 Å². The normalized spacial score (nSPS) is 10.7. The number of imide groups is 1. The molecule has 0 bridgehead atoms. The van der Waals surface area contributed by atoms with Gasteiger partial charge in [-0.1, -0.05) is 11.8 Å². The van der Waals surface area contributed by atoms with Crippen LogP contribution in [0, 0.1) is 0 Å². The number of rotatable bonds is 7. The second kappa shape index (κ2) is 8.39. The van der Waals surface area contributed by atoms with E-state index >= 15 is 0 Å². The zero-order chi connectivity index (χ0) is 17.5. The minimum atomic E-state index is -2.94. The van der Waals surface area contributed by atoms with E-state index in [-0.39, 0.29) is 17.1 Å². The topological polar surface area (TPSA) is 86.1 Å². The van der Waals surface area contributed by atoms with E-state index in [0.29, 0.717) is 11.7 Å². The molecule has 0 fully saturated rings. The maximum absolute atomic E-state index is 12.0. The van der Waals surface area contributed by atoms with Gasteiger partial charge in [-0.2, -0.15) is 8.78 Å². The van der Waals surface area contributed by atoms with Crippen molar-refractivity contribution in [2.24, 2.45) is 0 Å². The van der Waals surface area contributed by atoms with Gasteiger partial charge in [0.15, 0.2) is 5.16 Å². The number of thioether (sulfide) groups is 1. The standard InChI is InChI=1S/C14H14F2N4O3S/c1-2-20-8-17-19-14(20)24-7-11(21)18-12(22)9-3-5-10(6-4-9)23-13(15)16/h3-6,8,13H,2,7H2,1H3,(H,18,21,22). The Labute approximate surface area is 140 Å². The van der Waals surface area contributed by atoms with E-state index in [0.717, 1.165) is 11.8 Å². The lowest BCUT2D eigenvalue weighted by molar-refractivity contribution is -0.117. The minimum Gasteiger partial charge on any atom is -0.435 e. The van der Waals surface area contributed by atoms with Gasteiger partial charge in [-0.3, -0.25) is 14.9 Å². The Morgan fingerprint density at radius 3 is 2.67 bits per heavy atom. The van der Waals surface area contributed by atoms with Crippen molar-refractivity contribution in [2.75, 3.05) is 5.75 Å². The highest BCUT2D eigenvalue weighted by Crippen LogP contribution is 2.16. The van der Waals surface area contributed by atoms with Crippen LogP contribution in [0.3, 0.4) is 0 Å². The fraction of sp³-hybridized carbons (Fsp3) is 0.286. The SMILES string of the molecule is CCn1cnnc1SCC(=O)NC(=O)c1ccc(OC(F)F)cc1. The van der Waals surface area contributed by atoms with Crippen LogP contribution in [-0.2, 0) is 11.3 Å². The summed E-state index contributed by atoms with van der Waals surface area (Å²) in [6.45, 7) is -0.352. The third-order valence-electron chi connectivity index (χ3n) is 2.85. The molecule has 128 valence electrons. The number of carbonyl (C=O) groups is 2. The molecule has 0 atom stereocenters. The van der Waals surface area contributed by atoms with Gasteiger partial charge in [-0.15, -0.1) is 10.2 Å². The molecule has 0 unspecified atom stereocenters. The molecular formula is C14H14F2N4O3S. The van der Waals surface area contributed by atoms with E-state index in [1.807, 2.05) is 6.92 Å². The van der Waals surface area contributed by atoms with Gasteiger partial charge in [-0.25, -0.2) is 0 Å². The number of benzene rings is 1. The summed E-state index contributed by atoms with van der Waals surface area (Å²) in [5, 5.41) is 10.4. The molecule has 0 aliphatic heterocycles. The lowest BCUT2D eigenvalue weighted by Crippen LogP contribution is -2.31. The quantitative estimate of drug-likeness (QED) is 0.763. The number of halogens is 2. The largest absolute Gasteiger partial charge is 0.435 e. The van der Waals surface area contributed by atoms with Crippen LogP contribution >= 0.6 is 11.8 Å². The average Bonchev–Trinajstić information content (AvgIpc) is 3.00. The van der Waals surface area contributed by atoms with Gasteiger partial charge in [0.05, 0.1) is 5.75 Å². The van der Waals surface area contributed by atoms with Crippen molar-refractivity contribution < 1.29 is 23.1 Å². The molecule has 1 heterocycles. The number of amides is 2. The van der Waals surface area contributed by atoms with E-state index in [1.165, 1.54) is 24.3 Å². The predicted molar refractivity (Wildman–Crippen MR) is 82.0 cm³/mol. The highest BCUT2D eigenvalue weighted by atomic mass is 32.2. The fourth-order valence-electron chi connectivity index (χ4n) is 1.73. The molecule has 1 aromatic carbocycles. The summed E-state index contributed by atoms with van der Waals surface area (Å²) in [5.74, 6) is -1.19. The second-order valence-corrected chi connectivity index (χ2v) is 5.41. The zero-order valence-electron chi connectivity index (χ0n) is 12.6. The number of carbonyl (C=O) groups excluding carboxylic acids is 2. The summed E-state index contributed by atoms with van der Waals surface area (Å²) < 4.78 is 30.0. The van der Waals surface area contributed by atoms with Crippen molar-refractivity contribution in [3.05, 3.63) is 36.2 Å². The molecule has 0 aliphatic rings. The monoisotopic (exact) mass is 356 g/mol. The smallest absolute Gasteiger partial charge is 0.387 e. The van der Waals surface area contributed by atoms with E-state index in [4.69, 9.17) is 0 Å². The molecule has 0 aliphatic carbocycles. The number of ether oxygens (including phenoxy) is 1. The molecule has 0 saturated heterocycles. The van der Waals surface area contributed by atoms with Crippen molar-refractivity contribution in [3.63, 3.8) is 0 Å². The highest BCUT2D eigenvalue weighted by Gasteiger charge is 2.13. The Hall–Kier alpha value is -2.49. The molecule has 1 N–H and O–H groups in total. The minimum absolute atomic E-state index is 0.00297. The first kappa shape index (κ1) is 17.9. The molecule has 24 heavy (non-hydrogen) atoms. The molecule has 0 spiro atoms. The number of hydrogen-bond donors (Lipinski definition) is 1. The lowest BCUT2D eigenvalue weighted by Gasteiger charge is -2.06. The van der Waals surface area contributed by atoms with Crippen LogP contribution in [0.1, 0.15) is 17.3 Å². The summed E-state index contributed by atoms with van der Waals surface area (Å²) in [5.41, 5.74) is 0.159. The Morgan fingerprint density at radius 2 is 2.04 bits per heavy atom. The summed E-state index contributed by atoms with van der Waals surface area (Å²) in [4.78, 5) is 23.7. The zero-order valence-corrected chi connectivity index (χ0v) is 13.4. The summed E-state index contributed by atoms with van der Waals surface area (Å²) in [6, 6.07) is 5.04. The highest BCUT2D eigenvalue weighted by molar-refractivity contribution is 7.99. The number of nitrogens with one attached hydrogen (secondary N) is 1. The molecule has 2 rings (SSSR count). The molecule has 7 nitrogen and oxygen atoms in total. The molecule has 0 radical (unpaired) electrons. The van der Waals surface area contributed by atoms with Crippen LogP contribution in [0.25, 0.3) is 0 Å². The molecule has 10 heteroatoms. The maximum Gasteiger partial charge on any atom is 0.387 e. The van der Waals surface area contributed by atoms with Crippen LogP contribution in [0.5, 0.6) is 5.75 Å². The van der Waals surface area contributed by atoms with Crippen molar-refractivity contribution in [2.45, 2.75) is 25.2 Å². The van der Waals surface area contributed by atoms with Gasteiger partial charge >= 0.3 is 6.61 Å². The third kappa shape index (κ3) is 5.01. The van der Waals surface area contributed by atoms with Crippen LogP contribution in [0.4, 0.5) is 8.78 Å². The van der Waals surface area contributed by atoms with Crippen molar-refractivity contribution in [3.8, 4) is 5.75 Å². The number of aromatic nitrogens is 3. The van der Waals surface area contributed by atoms with Gasteiger partial charge in [0.2, 0.25) is 5.91 Å². The number of alkyl halides is 2. The second-order valence-electron chi connectivity index (χ2n) is 4.47.